The van der Waals surface area contributed by atoms with Gasteiger partial charge in [0.2, 0.25) is 0 Å². The molecular weight excluding hydrogens is 355 g/mol. The zero-order valence-corrected chi connectivity index (χ0v) is 15.4. The third-order valence-corrected chi connectivity index (χ3v) is 5.74. The van der Waals surface area contributed by atoms with Crippen LogP contribution in [-0.2, 0) is 16.1 Å². The van der Waals surface area contributed by atoms with E-state index in [4.69, 9.17) is 9.47 Å². The van der Waals surface area contributed by atoms with Crippen LogP contribution in [0.5, 0.6) is 0 Å². The molecule has 1 unspecified atom stereocenters. The molecule has 26 heavy (non-hydrogen) atoms. The number of carbonyl (C=O) groups excluding carboxylic acids is 1. The van der Waals surface area contributed by atoms with Crippen LogP contribution in [0.2, 0.25) is 0 Å². The average molecular weight is 376 g/mol. The van der Waals surface area contributed by atoms with Gasteiger partial charge in [0, 0.05) is 24.0 Å². The summed E-state index contributed by atoms with van der Waals surface area (Å²) >= 11 is 1.63. The Morgan fingerprint density at radius 2 is 2.19 bits per heavy atom. The van der Waals surface area contributed by atoms with E-state index in [0.29, 0.717) is 31.9 Å². The van der Waals surface area contributed by atoms with E-state index in [9.17, 15) is 9.18 Å². The van der Waals surface area contributed by atoms with Gasteiger partial charge in [-0.05, 0) is 37.6 Å². The number of hydrogen-bond acceptors (Lipinski definition) is 5. The van der Waals surface area contributed by atoms with Crippen LogP contribution in [0.4, 0.5) is 4.39 Å². The summed E-state index contributed by atoms with van der Waals surface area (Å²) in [7, 11) is 0. The van der Waals surface area contributed by atoms with Crippen molar-refractivity contribution in [1.29, 1.82) is 0 Å². The number of aromatic nitrogens is 1. The number of halogens is 1. The quantitative estimate of drug-likeness (QED) is 0.822. The Hall–Kier alpha value is -1.83. The van der Waals surface area contributed by atoms with E-state index in [2.05, 4.69) is 4.98 Å². The largest absolute Gasteiger partial charge is 0.372 e. The molecule has 0 aliphatic carbocycles. The fourth-order valence-corrected chi connectivity index (χ4v) is 4.19. The van der Waals surface area contributed by atoms with Crippen molar-refractivity contribution in [3.8, 4) is 0 Å². The molecule has 2 saturated heterocycles. The first kappa shape index (κ1) is 17.6. The fraction of sp³-hybridized carbons (Fsp3) is 0.474. The Labute approximate surface area is 155 Å². The van der Waals surface area contributed by atoms with Gasteiger partial charge in [-0.25, -0.2) is 9.37 Å². The molecule has 2 aliphatic rings. The maximum atomic E-state index is 13.0. The second-order valence-corrected chi connectivity index (χ2v) is 8.05. The molecule has 4 rings (SSSR count). The zero-order valence-electron chi connectivity index (χ0n) is 14.6. The van der Waals surface area contributed by atoms with Crippen LogP contribution < -0.4 is 0 Å². The van der Waals surface area contributed by atoms with Crippen LogP contribution in [0.25, 0.3) is 0 Å². The second kappa shape index (κ2) is 7.06. The van der Waals surface area contributed by atoms with Crippen LogP contribution in [0, 0.1) is 12.7 Å². The van der Waals surface area contributed by atoms with Crippen LogP contribution in [0.15, 0.2) is 29.6 Å². The normalized spacial score (nSPS) is 21.6. The topological polar surface area (TPSA) is 51.7 Å². The lowest BCUT2D eigenvalue weighted by Gasteiger charge is -2.53. The van der Waals surface area contributed by atoms with Crippen LogP contribution >= 0.6 is 11.3 Å². The SMILES string of the molecule is Cc1nc(COC2CCOC3(C2)CN(C(=O)c2ccc(F)cc2)C3)cs1. The number of thiazole rings is 1. The van der Waals surface area contributed by atoms with Gasteiger partial charge in [0.05, 0.1) is 36.5 Å². The van der Waals surface area contributed by atoms with E-state index in [1.54, 1.807) is 16.2 Å². The Kier molecular flexibility index (Phi) is 4.77. The van der Waals surface area contributed by atoms with Gasteiger partial charge < -0.3 is 14.4 Å². The highest BCUT2D eigenvalue weighted by Gasteiger charge is 2.49. The molecule has 7 heteroatoms. The zero-order chi connectivity index (χ0) is 18.1. The number of benzene rings is 1. The molecule has 0 radical (unpaired) electrons. The van der Waals surface area contributed by atoms with E-state index in [-0.39, 0.29) is 23.4 Å². The van der Waals surface area contributed by atoms with E-state index >= 15 is 0 Å². The first-order valence-electron chi connectivity index (χ1n) is 8.74. The Balaban J connectivity index is 1.31. The highest BCUT2D eigenvalue weighted by atomic mass is 32.1. The van der Waals surface area contributed by atoms with Crippen molar-refractivity contribution in [3.63, 3.8) is 0 Å². The first-order chi connectivity index (χ1) is 12.5. The molecule has 1 atom stereocenters. The Bertz CT molecular complexity index is 786. The Morgan fingerprint density at radius 3 is 2.88 bits per heavy atom. The Morgan fingerprint density at radius 1 is 1.42 bits per heavy atom. The highest BCUT2D eigenvalue weighted by Crippen LogP contribution is 2.36. The summed E-state index contributed by atoms with van der Waals surface area (Å²) in [5, 5.41) is 3.07. The lowest BCUT2D eigenvalue weighted by Crippen LogP contribution is -2.67. The summed E-state index contributed by atoms with van der Waals surface area (Å²) in [6.45, 7) is 4.25. The number of amides is 1. The van der Waals surface area contributed by atoms with E-state index in [1.807, 2.05) is 12.3 Å². The summed E-state index contributed by atoms with van der Waals surface area (Å²) < 4.78 is 25.0. The van der Waals surface area contributed by atoms with Crippen molar-refractivity contribution in [3.05, 3.63) is 51.7 Å². The van der Waals surface area contributed by atoms with Gasteiger partial charge in [-0.2, -0.15) is 0 Å². The molecule has 0 saturated carbocycles. The third kappa shape index (κ3) is 3.65. The summed E-state index contributed by atoms with van der Waals surface area (Å²) in [5.74, 6) is -0.423. The van der Waals surface area contributed by atoms with Crippen LogP contribution in [-0.4, -0.2) is 47.2 Å². The van der Waals surface area contributed by atoms with E-state index in [0.717, 1.165) is 23.5 Å². The van der Waals surface area contributed by atoms with Crippen molar-refractivity contribution >= 4 is 17.2 Å². The molecule has 2 aromatic rings. The molecule has 3 heterocycles. The lowest BCUT2D eigenvalue weighted by molar-refractivity contribution is -0.188. The summed E-state index contributed by atoms with van der Waals surface area (Å²) in [6, 6.07) is 5.66. The van der Waals surface area contributed by atoms with Crippen molar-refractivity contribution in [1.82, 2.24) is 9.88 Å². The van der Waals surface area contributed by atoms with Crippen LogP contribution in [0.1, 0.15) is 33.9 Å². The van der Waals surface area contributed by atoms with Gasteiger partial charge >= 0.3 is 0 Å². The lowest BCUT2D eigenvalue weighted by atomic mass is 9.84. The molecule has 2 aliphatic heterocycles. The van der Waals surface area contributed by atoms with Gasteiger partial charge in [0.1, 0.15) is 11.4 Å². The van der Waals surface area contributed by atoms with Crippen molar-refractivity contribution in [2.24, 2.45) is 0 Å². The number of aryl methyl sites for hydroxylation is 1. The fourth-order valence-electron chi connectivity index (χ4n) is 3.59. The molecule has 1 spiro atoms. The van der Waals surface area contributed by atoms with Crippen molar-refractivity contribution < 1.29 is 18.7 Å². The second-order valence-electron chi connectivity index (χ2n) is 6.98. The number of rotatable bonds is 4. The van der Waals surface area contributed by atoms with E-state index in [1.165, 1.54) is 24.3 Å². The molecule has 0 N–H and O–H groups in total. The predicted octanol–water partition coefficient (Wildman–Crippen LogP) is 3.18. The molecular formula is C19H21FN2O3S. The minimum absolute atomic E-state index is 0.0831. The predicted molar refractivity (Wildman–Crippen MR) is 95.6 cm³/mol. The average Bonchev–Trinajstić information content (AvgIpc) is 3.03. The molecule has 1 aromatic carbocycles. The van der Waals surface area contributed by atoms with Crippen LogP contribution in [0.3, 0.4) is 0 Å². The smallest absolute Gasteiger partial charge is 0.254 e. The number of hydrogen-bond donors (Lipinski definition) is 0. The van der Waals surface area contributed by atoms with Crippen molar-refractivity contribution in [2.45, 2.75) is 38.1 Å². The number of ether oxygens (including phenoxy) is 2. The third-order valence-electron chi connectivity index (χ3n) is 4.92. The maximum Gasteiger partial charge on any atom is 0.254 e. The molecule has 1 amide bonds. The highest BCUT2D eigenvalue weighted by molar-refractivity contribution is 7.09. The minimum Gasteiger partial charge on any atom is -0.372 e. The van der Waals surface area contributed by atoms with Gasteiger partial charge in [-0.3, -0.25) is 4.79 Å². The minimum atomic E-state index is -0.340. The van der Waals surface area contributed by atoms with Gasteiger partial charge in [0.25, 0.3) is 5.91 Å². The standard InChI is InChI=1S/C19H21FN2O3S/c1-13-21-16(10-26-13)9-24-17-6-7-25-19(8-17)11-22(12-19)18(23)14-2-4-15(20)5-3-14/h2-5,10,17H,6-9,11-12H2,1H3. The van der Waals surface area contributed by atoms with Gasteiger partial charge in [-0.1, -0.05) is 0 Å². The van der Waals surface area contributed by atoms with Gasteiger partial charge in [-0.15, -0.1) is 11.3 Å². The molecule has 0 bridgehead atoms. The first-order valence-corrected chi connectivity index (χ1v) is 9.62. The molecule has 1 aromatic heterocycles. The van der Waals surface area contributed by atoms with Gasteiger partial charge in [0.15, 0.2) is 0 Å². The summed E-state index contributed by atoms with van der Waals surface area (Å²) in [5.41, 5.74) is 1.16. The number of likely N-dealkylation sites (tertiary alicyclic amines) is 1. The monoisotopic (exact) mass is 376 g/mol. The maximum absolute atomic E-state index is 13.0. The number of nitrogens with zero attached hydrogens (tertiary/aromatic N) is 2. The van der Waals surface area contributed by atoms with E-state index < -0.39 is 0 Å². The number of carbonyl (C=O) groups is 1. The summed E-state index contributed by atoms with van der Waals surface area (Å²) in [4.78, 5) is 18.6. The molecule has 5 nitrogen and oxygen atoms in total. The molecule has 2 fully saturated rings. The van der Waals surface area contributed by atoms with Crippen molar-refractivity contribution in [2.75, 3.05) is 19.7 Å². The molecule has 138 valence electrons. The summed E-state index contributed by atoms with van der Waals surface area (Å²) in [6.07, 6.45) is 1.76.